The van der Waals surface area contributed by atoms with E-state index in [4.69, 9.17) is 0 Å². The molecule has 1 amide bonds. The summed E-state index contributed by atoms with van der Waals surface area (Å²) in [6, 6.07) is 7.82. The van der Waals surface area contributed by atoms with Gasteiger partial charge < -0.3 is 15.1 Å². The van der Waals surface area contributed by atoms with Crippen LogP contribution in [0.3, 0.4) is 0 Å². The normalized spacial score (nSPS) is 17.5. The van der Waals surface area contributed by atoms with Gasteiger partial charge in [-0.25, -0.2) is 8.78 Å². The predicted octanol–water partition coefficient (Wildman–Crippen LogP) is 3.01. The summed E-state index contributed by atoms with van der Waals surface area (Å²) >= 11 is 0. The summed E-state index contributed by atoms with van der Waals surface area (Å²) in [6.45, 7) is 0.484. The van der Waals surface area contributed by atoms with Gasteiger partial charge in [-0.2, -0.15) is 0 Å². The monoisotopic (exact) mass is 319 g/mol. The molecule has 120 valence electrons. The highest BCUT2D eigenvalue weighted by Gasteiger charge is 2.32. The maximum atomic E-state index is 13.9. The number of amides is 1. The fourth-order valence-electron chi connectivity index (χ4n) is 2.96. The van der Waals surface area contributed by atoms with Gasteiger partial charge in [0.15, 0.2) is 11.5 Å². The van der Waals surface area contributed by atoms with Gasteiger partial charge >= 0.3 is 0 Å². The number of carbonyl (C=O) groups is 1. The first-order valence-electron chi connectivity index (χ1n) is 7.23. The fourth-order valence-corrected chi connectivity index (χ4v) is 2.96. The number of aromatic hydroxyl groups is 2. The van der Waals surface area contributed by atoms with E-state index >= 15 is 0 Å². The molecular weight excluding hydrogens is 304 g/mol. The van der Waals surface area contributed by atoms with Crippen molar-refractivity contribution >= 4 is 5.91 Å². The topological polar surface area (TPSA) is 60.8 Å². The van der Waals surface area contributed by atoms with Crippen LogP contribution in [0.5, 0.6) is 11.5 Å². The zero-order chi connectivity index (χ0) is 16.6. The third-order valence-electron chi connectivity index (χ3n) is 4.13. The lowest BCUT2D eigenvalue weighted by molar-refractivity contribution is 0.0786. The van der Waals surface area contributed by atoms with Crippen molar-refractivity contribution in [3.8, 4) is 11.5 Å². The van der Waals surface area contributed by atoms with Crippen molar-refractivity contribution in [3.63, 3.8) is 0 Å². The van der Waals surface area contributed by atoms with E-state index in [9.17, 15) is 23.8 Å². The van der Waals surface area contributed by atoms with Gasteiger partial charge in [0.05, 0.1) is 5.56 Å². The van der Waals surface area contributed by atoms with Crippen LogP contribution in [0.25, 0.3) is 0 Å². The van der Waals surface area contributed by atoms with Gasteiger partial charge in [0, 0.05) is 24.6 Å². The Balaban J connectivity index is 1.83. The number of likely N-dealkylation sites (tertiary alicyclic amines) is 1. The molecule has 1 unspecified atom stereocenters. The molecule has 2 aromatic rings. The molecule has 1 aliphatic rings. The zero-order valence-electron chi connectivity index (χ0n) is 12.2. The number of hydrogen-bond donors (Lipinski definition) is 2. The van der Waals surface area contributed by atoms with Crippen molar-refractivity contribution in [2.45, 2.75) is 12.3 Å². The maximum absolute atomic E-state index is 13.9. The number of phenols is 2. The molecule has 6 heteroatoms. The molecule has 0 radical (unpaired) electrons. The van der Waals surface area contributed by atoms with E-state index in [2.05, 4.69) is 0 Å². The molecule has 4 nitrogen and oxygen atoms in total. The van der Waals surface area contributed by atoms with Gasteiger partial charge in [-0.1, -0.05) is 12.1 Å². The summed E-state index contributed by atoms with van der Waals surface area (Å²) in [5.41, 5.74) is -0.0393. The van der Waals surface area contributed by atoms with E-state index in [-0.39, 0.29) is 23.4 Å². The van der Waals surface area contributed by atoms with Gasteiger partial charge in [-0.05, 0) is 30.7 Å². The Morgan fingerprint density at radius 1 is 1.09 bits per heavy atom. The molecular formula is C17H15F2NO3. The Morgan fingerprint density at radius 3 is 2.43 bits per heavy atom. The molecule has 1 heterocycles. The number of nitrogens with zero attached hydrogens (tertiary/aromatic N) is 1. The van der Waals surface area contributed by atoms with E-state index in [1.807, 2.05) is 0 Å². The number of hydrogen-bond acceptors (Lipinski definition) is 3. The molecule has 0 spiro atoms. The smallest absolute Gasteiger partial charge is 0.257 e. The Morgan fingerprint density at radius 2 is 1.74 bits per heavy atom. The Kier molecular flexibility index (Phi) is 3.90. The molecule has 23 heavy (non-hydrogen) atoms. The van der Waals surface area contributed by atoms with E-state index < -0.39 is 29.2 Å². The standard InChI is InChI=1S/C17H15F2NO3/c18-12-4-2-5-13(19)15(12)10-7-8-20(9-10)17(23)11-3-1-6-14(21)16(11)22/h1-6,10,21-22H,7-9H2. The summed E-state index contributed by atoms with van der Waals surface area (Å²) in [5.74, 6) is -3.02. The average molecular weight is 319 g/mol. The van der Waals surface area contributed by atoms with E-state index in [1.165, 1.54) is 41.3 Å². The van der Waals surface area contributed by atoms with Crippen molar-refractivity contribution in [1.29, 1.82) is 0 Å². The first-order valence-corrected chi connectivity index (χ1v) is 7.23. The van der Waals surface area contributed by atoms with Crippen LogP contribution in [0.2, 0.25) is 0 Å². The lowest BCUT2D eigenvalue weighted by atomic mass is 9.97. The van der Waals surface area contributed by atoms with Gasteiger partial charge in [0.25, 0.3) is 5.91 Å². The molecule has 2 N–H and O–H groups in total. The highest BCUT2D eigenvalue weighted by molar-refractivity contribution is 5.97. The predicted molar refractivity (Wildman–Crippen MR) is 79.4 cm³/mol. The largest absolute Gasteiger partial charge is 0.504 e. The van der Waals surface area contributed by atoms with Gasteiger partial charge in [-0.3, -0.25) is 4.79 Å². The second kappa shape index (κ2) is 5.87. The van der Waals surface area contributed by atoms with Crippen LogP contribution in [0.1, 0.15) is 28.3 Å². The lowest BCUT2D eigenvalue weighted by Crippen LogP contribution is -2.28. The van der Waals surface area contributed by atoms with E-state index in [1.54, 1.807) is 0 Å². The second-order valence-electron chi connectivity index (χ2n) is 5.55. The number of para-hydroxylation sites is 1. The van der Waals surface area contributed by atoms with Crippen molar-refractivity contribution in [2.75, 3.05) is 13.1 Å². The summed E-state index contributed by atoms with van der Waals surface area (Å²) in [4.78, 5) is 13.9. The van der Waals surface area contributed by atoms with Crippen LogP contribution in [0.15, 0.2) is 36.4 Å². The summed E-state index contributed by atoms with van der Waals surface area (Å²) < 4.78 is 27.7. The molecule has 0 aromatic heterocycles. The van der Waals surface area contributed by atoms with Crippen LogP contribution in [-0.4, -0.2) is 34.1 Å². The molecule has 0 aliphatic carbocycles. The third kappa shape index (κ3) is 2.72. The summed E-state index contributed by atoms with van der Waals surface area (Å²) in [7, 11) is 0. The maximum Gasteiger partial charge on any atom is 0.257 e. The molecule has 1 saturated heterocycles. The highest BCUT2D eigenvalue weighted by Crippen LogP contribution is 2.34. The van der Waals surface area contributed by atoms with Crippen molar-refractivity contribution < 1.29 is 23.8 Å². The van der Waals surface area contributed by atoms with Gasteiger partial charge in [-0.15, -0.1) is 0 Å². The number of phenolic OH excluding ortho intramolecular Hbond substituents is 2. The first kappa shape index (κ1) is 15.3. The van der Waals surface area contributed by atoms with Crippen LogP contribution in [0, 0.1) is 11.6 Å². The van der Waals surface area contributed by atoms with Crippen molar-refractivity contribution in [1.82, 2.24) is 4.90 Å². The number of rotatable bonds is 2. The van der Waals surface area contributed by atoms with Gasteiger partial charge in [0.2, 0.25) is 0 Å². The molecule has 2 aromatic carbocycles. The Labute approximate surface area is 131 Å². The van der Waals surface area contributed by atoms with Crippen LogP contribution in [-0.2, 0) is 0 Å². The summed E-state index contributed by atoms with van der Waals surface area (Å²) in [6.07, 6.45) is 0.434. The van der Waals surface area contributed by atoms with Crippen LogP contribution in [0.4, 0.5) is 8.78 Å². The van der Waals surface area contributed by atoms with Crippen LogP contribution < -0.4 is 0 Å². The quantitative estimate of drug-likeness (QED) is 0.837. The minimum atomic E-state index is -0.621. The number of halogens is 2. The Bertz CT molecular complexity index is 743. The average Bonchev–Trinajstić information content (AvgIpc) is 2.99. The molecule has 1 aliphatic heterocycles. The lowest BCUT2D eigenvalue weighted by Gasteiger charge is -2.18. The van der Waals surface area contributed by atoms with Crippen molar-refractivity contribution in [3.05, 3.63) is 59.2 Å². The molecule has 1 fully saturated rings. The highest BCUT2D eigenvalue weighted by atomic mass is 19.1. The zero-order valence-corrected chi connectivity index (χ0v) is 12.2. The Hall–Kier alpha value is -2.63. The second-order valence-corrected chi connectivity index (χ2v) is 5.55. The van der Waals surface area contributed by atoms with Crippen LogP contribution >= 0.6 is 0 Å². The van der Waals surface area contributed by atoms with E-state index in [0.29, 0.717) is 13.0 Å². The minimum absolute atomic E-state index is 0.0112. The number of carbonyl (C=O) groups excluding carboxylic acids is 1. The molecule has 1 atom stereocenters. The van der Waals surface area contributed by atoms with E-state index in [0.717, 1.165) is 0 Å². The third-order valence-corrected chi connectivity index (χ3v) is 4.13. The number of benzene rings is 2. The molecule has 3 rings (SSSR count). The van der Waals surface area contributed by atoms with Gasteiger partial charge in [0.1, 0.15) is 11.6 Å². The fraction of sp³-hybridized carbons (Fsp3) is 0.235. The van der Waals surface area contributed by atoms with Crippen molar-refractivity contribution in [2.24, 2.45) is 0 Å². The molecule has 0 bridgehead atoms. The SMILES string of the molecule is O=C(c1cccc(O)c1O)N1CCC(c2c(F)cccc2F)C1. The first-order chi connectivity index (χ1) is 11.0. The minimum Gasteiger partial charge on any atom is -0.504 e. The molecule has 0 saturated carbocycles. The summed E-state index contributed by atoms with van der Waals surface area (Å²) in [5, 5.41) is 19.3.